The maximum absolute atomic E-state index is 13.2. The van der Waals surface area contributed by atoms with E-state index in [2.05, 4.69) is 5.10 Å². The quantitative estimate of drug-likeness (QED) is 0.461. The minimum atomic E-state index is -1.17. The number of ether oxygens (including phenoxy) is 1. The molecule has 0 aliphatic carbocycles. The fourth-order valence-electron chi connectivity index (χ4n) is 3.70. The lowest BCUT2D eigenvalue weighted by molar-refractivity contribution is -0.137. The Hall–Kier alpha value is -3.88. The summed E-state index contributed by atoms with van der Waals surface area (Å²) < 4.78 is 19.7. The second-order valence-corrected chi connectivity index (χ2v) is 7.51. The van der Waals surface area contributed by atoms with Gasteiger partial charge in [-0.3, -0.25) is 19.3 Å². The van der Waals surface area contributed by atoms with Crippen molar-refractivity contribution in [3.8, 4) is 0 Å². The molecule has 3 aromatic rings. The second kappa shape index (κ2) is 8.70. The predicted molar refractivity (Wildman–Crippen MR) is 112 cm³/mol. The van der Waals surface area contributed by atoms with Crippen molar-refractivity contribution in [2.45, 2.75) is 25.4 Å². The van der Waals surface area contributed by atoms with Crippen molar-refractivity contribution < 1.29 is 23.5 Å². The van der Waals surface area contributed by atoms with E-state index in [9.17, 15) is 23.6 Å². The number of aryl methyl sites for hydroxylation is 1. The minimum Gasteiger partial charge on any atom is -0.447 e. The Morgan fingerprint density at radius 1 is 1.03 bits per heavy atom. The average molecular weight is 437 g/mol. The van der Waals surface area contributed by atoms with Crippen LogP contribution in [-0.2, 0) is 16.6 Å². The number of esters is 1. The highest BCUT2D eigenvalue weighted by Gasteiger charge is 2.35. The first-order chi connectivity index (χ1) is 15.4. The molecule has 8 nitrogen and oxygen atoms in total. The summed E-state index contributed by atoms with van der Waals surface area (Å²) >= 11 is 0. The molecule has 2 aromatic carbocycles. The van der Waals surface area contributed by atoms with Gasteiger partial charge in [0.15, 0.2) is 11.8 Å². The smallest absolute Gasteiger partial charge is 0.360 e. The molecule has 164 valence electrons. The molecule has 0 unspecified atom stereocenters. The molecule has 1 aromatic heterocycles. The van der Waals surface area contributed by atoms with Gasteiger partial charge in [-0.05, 0) is 49.6 Å². The molecule has 0 saturated carbocycles. The number of aromatic nitrogens is 2. The van der Waals surface area contributed by atoms with Gasteiger partial charge in [0.2, 0.25) is 0 Å². The zero-order valence-corrected chi connectivity index (χ0v) is 17.3. The van der Waals surface area contributed by atoms with Crippen LogP contribution in [0.4, 0.5) is 4.39 Å². The molecule has 1 atom stereocenters. The van der Waals surface area contributed by atoms with Crippen molar-refractivity contribution in [1.29, 1.82) is 0 Å². The van der Waals surface area contributed by atoms with Crippen molar-refractivity contribution in [3.63, 3.8) is 0 Å². The van der Waals surface area contributed by atoms with Crippen LogP contribution < -0.4 is 5.56 Å². The van der Waals surface area contributed by atoms with E-state index in [1.165, 1.54) is 19.2 Å². The zero-order chi connectivity index (χ0) is 22.8. The van der Waals surface area contributed by atoms with Gasteiger partial charge >= 0.3 is 5.97 Å². The van der Waals surface area contributed by atoms with E-state index in [-0.39, 0.29) is 29.8 Å². The number of imide groups is 1. The number of halogens is 1. The Morgan fingerprint density at radius 2 is 1.72 bits per heavy atom. The molecule has 4 rings (SSSR count). The molecule has 0 spiro atoms. The molecule has 2 heterocycles. The highest BCUT2D eigenvalue weighted by molar-refractivity contribution is 6.07. The maximum atomic E-state index is 13.2. The number of hydrogen-bond acceptors (Lipinski definition) is 6. The van der Waals surface area contributed by atoms with Gasteiger partial charge in [0.05, 0.1) is 5.39 Å². The SMILES string of the molecule is Cn1nc(C(=O)O[C@H]2CCCCN(C(=O)c3ccc(F)cc3)C2=O)c2ccccc2c1=O. The van der Waals surface area contributed by atoms with Crippen LogP contribution >= 0.6 is 0 Å². The summed E-state index contributed by atoms with van der Waals surface area (Å²) in [7, 11) is 1.42. The average Bonchev–Trinajstić information content (AvgIpc) is 2.97. The first-order valence-corrected chi connectivity index (χ1v) is 10.1. The Labute approximate surface area is 182 Å². The van der Waals surface area contributed by atoms with Crippen LogP contribution in [0.3, 0.4) is 0 Å². The first kappa shape index (κ1) is 21.4. The van der Waals surface area contributed by atoms with E-state index in [4.69, 9.17) is 4.74 Å². The monoisotopic (exact) mass is 437 g/mol. The Bertz CT molecular complexity index is 1270. The Balaban J connectivity index is 1.60. The molecule has 1 aliphatic rings. The van der Waals surface area contributed by atoms with Crippen LogP contribution in [0.1, 0.15) is 40.1 Å². The number of benzene rings is 2. The van der Waals surface area contributed by atoms with Gasteiger partial charge in [-0.2, -0.15) is 5.10 Å². The maximum Gasteiger partial charge on any atom is 0.360 e. The van der Waals surface area contributed by atoms with Crippen LogP contribution in [0.2, 0.25) is 0 Å². The predicted octanol–water partition coefficient (Wildman–Crippen LogP) is 2.45. The van der Waals surface area contributed by atoms with Gasteiger partial charge in [-0.1, -0.05) is 18.2 Å². The standard InChI is InChI=1S/C23H20FN3O5/c1-26-21(29)17-7-3-2-6-16(17)19(25-26)23(31)32-18-8-4-5-13-27(22(18)30)20(28)14-9-11-15(24)12-10-14/h2-3,6-7,9-12,18H,4-5,8,13H2,1H3/t18-/m0/s1. The van der Waals surface area contributed by atoms with E-state index in [1.807, 2.05) is 0 Å². The fourth-order valence-corrected chi connectivity index (χ4v) is 3.70. The Kier molecular flexibility index (Phi) is 5.81. The zero-order valence-electron chi connectivity index (χ0n) is 17.3. The molecular weight excluding hydrogens is 417 g/mol. The third-order valence-corrected chi connectivity index (χ3v) is 5.37. The highest BCUT2D eigenvalue weighted by atomic mass is 19.1. The number of hydrogen-bond donors (Lipinski definition) is 0. The van der Waals surface area contributed by atoms with E-state index >= 15 is 0 Å². The summed E-state index contributed by atoms with van der Waals surface area (Å²) in [5.41, 5.74) is -0.285. The molecule has 1 fully saturated rings. The molecule has 9 heteroatoms. The summed E-state index contributed by atoms with van der Waals surface area (Å²) in [4.78, 5) is 52.1. The normalized spacial score (nSPS) is 16.6. The first-order valence-electron chi connectivity index (χ1n) is 10.1. The van der Waals surface area contributed by atoms with Gasteiger partial charge in [0.25, 0.3) is 17.4 Å². The van der Waals surface area contributed by atoms with E-state index < -0.39 is 29.7 Å². The summed E-state index contributed by atoms with van der Waals surface area (Å²) in [6.45, 7) is 0.171. The van der Waals surface area contributed by atoms with Crippen LogP contribution in [0.5, 0.6) is 0 Å². The van der Waals surface area contributed by atoms with Crippen LogP contribution in [0, 0.1) is 5.82 Å². The summed E-state index contributed by atoms with van der Waals surface area (Å²) in [5.74, 6) is -2.57. The third kappa shape index (κ3) is 4.01. The summed E-state index contributed by atoms with van der Waals surface area (Å²) in [5, 5.41) is 4.65. The van der Waals surface area contributed by atoms with Crippen molar-refractivity contribution in [2.75, 3.05) is 6.54 Å². The molecule has 0 N–H and O–H groups in total. The number of carbonyl (C=O) groups is 3. The van der Waals surface area contributed by atoms with E-state index in [1.54, 1.807) is 24.3 Å². The fraction of sp³-hybridized carbons (Fsp3) is 0.261. The number of fused-ring (bicyclic) bond motifs is 1. The summed E-state index contributed by atoms with van der Waals surface area (Å²) in [6.07, 6.45) is 0.195. The van der Waals surface area contributed by atoms with Gasteiger partial charge < -0.3 is 4.74 Å². The van der Waals surface area contributed by atoms with Crippen molar-refractivity contribution in [2.24, 2.45) is 7.05 Å². The molecule has 32 heavy (non-hydrogen) atoms. The van der Waals surface area contributed by atoms with Crippen molar-refractivity contribution >= 4 is 28.6 Å². The molecular formula is C23H20FN3O5. The number of carbonyl (C=O) groups excluding carboxylic acids is 3. The van der Waals surface area contributed by atoms with Gasteiger partial charge in [-0.15, -0.1) is 0 Å². The lowest BCUT2D eigenvalue weighted by atomic mass is 10.1. The topological polar surface area (TPSA) is 98.6 Å². The van der Waals surface area contributed by atoms with E-state index in [0.29, 0.717) is 23.6 Å². The molecule has 1 aliphatic heterocycles. The number of amides is 2. The highest BCUT2D eigenvalue weighted by Crippen LogP contribution is 2.21. The second-order valence-electron chi connectivity index (χ2n) is 7.51. The van der Waals surface area contributed by atoms with Crippen molar-refractivity contribution in [3.05, 3.63) is 76.0 Å². The third-order valence-electron chi connectivity index (χ3n) is 5.37. The van der Waals surface area contributed by atoms with Gasteiger partial charge in [0.1, 0.15) is 5.82 Å². The lowest BCUT2D eigenvalue weighted by Crippen LogP contribution is -2.43. The number of likely N-dealkylation sites (tertiary alicyclic amines) is 1. The minimum absolute atomic E-state index is 0.0869. The molecule has 0 bridgehead atoms. The number of nitrogens with zero attached hydrogens (tertiary/aromatic N) is 3. The molecule has 2 amide bonds. The van der Waals surface area contributed by atoms with Gasteiger partial charge in [0, 0.05) is 24.5 Å². The lowest BCUT2D eigenvalue weighted by Gasteiger charge is -2.23. The summed E-state index contributed by atoms with van der Waals surface area (Å²) in [6, 6.07) is 11.4. The Morgan fingerprint density at radius 3 is 2.44 bits per heavy atom. The number of rotatable bonds is 3. The molecule has 1 saturated heterocycles. The largest absolute Gasteiger partial charge is 0.447 e. The van der Waals surface area contributed by atoms with Crippen LogP contribution in [-0.4, -0.2) is 45.1 Å². The molecule has 0 radical (unpaired) electrons. The van der Waals surface area contributed by atoms with Crippen LogP contribution in [0.25, 0.3) is 10.8 Å². The van der Waals surface area contributed by atoms with Crippen LogP contribution in [0.15, 0.2) is 53.3 Å². The van der Waals surface area contributed by atoms with Crippen molar-refractivity contribution in [1.82, 2.24) is 14.7 Å². The van der Waals surface area contributed by atoms with E-state index in [0.717, 1.165) is 21.7 Å². The van der Waals surface area contributed by atoms with Gasteiger partial charge in [-0.25, -0.2) is 13.9 Å².